The van der Waals surface area contributed by atoms with Crippen molar-refractivity contribution >= 4 is 6.03 Å². The van der Waals surface area contributed by atoms with Crippen LogP contribution in [0.15, 0.2) is 0 Å². The Morgan fingerprint density at radius 3 is 2.50 bits per heavy atom. The molecule has 0 aromatic heterocycles. The fraction of sp³-hybridized carbons (Fsp3) is 0.889. The molecule has 0 bridgehead atoms. The highest BCUT2D eigenvalue weighted by Crippen LogP contribution is 1.96. The van der Waals surface area contributed by atoms with Crippen LogP contribution in [0.25, 0.3) is 0 Å². The number of carbonyl (C=O) groups excluding carboxylic acids is 1. The lowest BCUT2D eigenvalue weighted by Gasteiger charge is -2.16. The number of carbonyl (C=O) groups is 1. The van der Waals surface area contributed by atoms with Crippen molar-refractivity contribution in [1.82, 2.24) is 10.2 Å². The Bertz CT molecular complexity index is 126. The molecule has 2 amide bonds. The van der Waals surface area contributed by atoms with Crippen molar-refractivity contribution < 1.29 is 4.79 Å². The van der Waals surface area contributed by atoms with Gasteiger partial charge in [0.1, 0.15) is 0 Å². The average Bonchev–Trinajstić information content (AvgIpc) is 2.05. The topological polar surface area (TPSA) is 32.3 Å². The van der Waals surface area contributed by atoms with Gasteiger partial charge in [-0.3, -0.25) is 0 Å². The minimum absolute atomic E-state index is 0.0357. The standard InChI is InChI=1S/C9H20N2O/c1-4-6-7-8-11(3)9(12)10-5-2/h4-8H2,1-3H3,(H,10,12). The molecule has 1 N–H and O–H groups in total. The van der Waals surface area contributed by atoms with E-state index < -0.39 is 0 Å². The summed E-state index contributed by atoms with van der Waals surface area (Å²) in [6.07, 6.45) is 3.50. The number of urea groups is 1. The minimum atomic E-state index is 0.0357. The summed E-state index contributed by atoms with van der Waals surface area (Å²) < 4.78 is 0. The van der Waals surface area contributed by atoms with Gasteiger partial charge in [0.15, 0.2) is 0 Å². The van der Waals surface area contributed by atoms with Crippen molar-refractivity contribution in [1.29, 1.82) is 0 Å². The van der Waals surface area contributed by atoms with Crippen LogP contribution in [0.4, 0.5) is 4.79 Å². The molecule has 0 aliphatic carbocycles. The molecular weight excluding hydrogens is 152 g/mol. The van der Waals surface area contributed by atoms with Crippen molar-refractivity contribution in [2.24, 2.45) is 0 Å². The Kier molecular flexibility index (Phi) is 6.53. The number of rotatable bonds is 5. The number of nitrogens with zero attached hydrogens (tertiary/aromatic N) is 1. The smallest absolute Gasteiger partial charge is 0.317 e. The van der Waals surface area contributed by atoms with Gasteiger partial charge in [-0.2, -0.15) is 0 Å². The molecular formula is C9H20N2O. The third kappa shape index (κ3) is 4.99. The summed E-state index contributed by atoms with van der Waals surface area (Å²) in [4.78, 5) is 12.9. The first-order chi connectivity index (χ1) is 5.72. The quantitative estimate of drug-likeness (QED) is 0.630. The highest BCUT2D eigenvalue weighted by Gasteiger charge is 2.04. The molecule has 0 rings (SSSR count). The van der Waals surface area contributed by atoms with E-state index in [1.54, 1.807) is 4.90 Å². The summed E-state index contributed by atoms with van der Waals surface area (Å²) in [5, 5.41) is 2.76. The maximum absolute atomic E-state index is 11.2. The lowest BCUT2D eigenvalue weighted by atomic mass is 10.2. The van der Waals surface area contributed by atoms with Crippen LogP contribution >= 0.6 is 0 Å². The molecule has 0 saturated heterocycles. The number of unbranched alkanes of at least 4 members (excludes halogenated alkanes) is 2. The Morgan fingerprint density at radius 1 is 1.33 bits per heavy atom. The fourth-order valence-corrected chi connectivity index (χ4v) is 0.987. The minimum Gasteiger partial charge on any atom is -0.338 e. The van der Waals surface area contributed by atoms with Crippen LogP contribution in [0.5, 0.6) is 0 Å². The van der Waals surface area contributed by atoms with Gasteiger partial charge in [0.25, 0.3) is 0 Å². The monoisotopic (exact) mass is 172 g/mol. The largest absolute Gasteiger partial charge is 0.338 e. The molecule has 0 saturated carbocycles. The van der Waals surface area contributed by atoms with Crippen molar-refractivity contribution in [3.05, 3.63) is 0 Å². The number of amides is 2. The van der Waals surface area contributed by atoms with Gasteiger partial charge in [0.05, 0.1) is 0 Å². The molecule has 3 nitrogen and oxygen atoms in total. The second-order valence-corrected chi connectivity index (χ2v) is 2.96. The van der Waals surface area contributed by atoms with E-state index in [1.165, 1.54) is 12.8 Å². The molecule has 0 aliphatic heterocycles. The van der Waals surface area contributed by atoms with Crippen LogP contribution in [0.3, 0.4) is 0 Å². The molecule has 0 aromatic rings. The molecule has 0 aliphatic rings. The summed E-state index contributed by atoms with van der Waals surface area (Å²) >= 11 is 0. The first kappa shape index (κ1) is 11.3. The molecule has 0 heterocycles. The summed E-state index contributed by atoms with van der Waals surface area (Å²) in [6.45, 7) is 5.65. The van der Waals surface area contributed by atoms with E-state index in [2.05, 4.69) is 12.2 Å². The van der Waals surface area contributed by atoms with Crippen LogP contribution in [-0.2, 0) is 0 Å². The SMILES string of the molecule is CCCCCN(C)C(=O)NCC. The second-order valence-electron chi connectivity index (χ2n) is 2.96. The first-order valence-corrected chi connectivity index (χ1v) is 4.71. The molecule has 0 aromatic carbocycles. The van der Waals surface area contributed by atoms with E-state index in [0.29, 0.717) is 6.54 Å². The van der Waals surface area contributed by atoms with Gasteiger partial charge >= 0.3 is 6.03 Å². The van der Waals surface area contributed by atoms with Crippen LogP contribution in [0, 0.1) is 0 Å². The van der Waals surface area contributed by atoms with Gasteiger partial charge in [-0.1, -0.05) is 19.8 Å². The number of hydrogen-bond acceptors (Lipinski definition) is 1. The third-order valence-corrected chi connectivity index (χ3v) is 1.77. The average molecular weight is 172 g/mol. The van der Waals surface area contributed by atoms with Crippen LogP contribution in [-0.4, -0.2) is 31.1 Å². The number of hydrogen-bond donors (Lipinski definition) is 1. The molecule has 0 unspecified atom stereocenters. The van der Waals surface area contributed by atoms with Crippen molar-refractivity contribution in [2.45, 2.75) is 33.1 Å². The molecule has 3 heteroatoms. The van der Waals surface area contributed by atoms with E-state index in [1.807, 2.05) is 14.0 Å². The van der Waals surface area contributed by atoms with Crippen LogP contribution < -0.4 is 5.32 Å². The van der Waals surface area contributed by atoms with E-state index >= 15 is 0 Å². The highest BCUT2D eigenvalue weighted by molar-refractivity contribution is 5.73. The van der Waals surface area contributed by atoms with Gasteiger partial charge < -0.3 is 10.2 Å². The zero-order valence-corrected chi connectivity index (χ0v) is 8.39. The van der Waals surface area contributed by atoms with Crippen LogP contribution in [0.2, 0.25) is 0 Å². The van der Waals surface area contributed by atoms with Gasteiger partial charge in [-0.15, -0.1) is 0 Å². The first-order valence-electron chi connectivity index (χ1n) is 4.71. The normalized spacial score (nSPS) is 9.58. The van der Waals surface area contributed by atoms with Crippen molar-refractivity contribution in [3.8, 4) is 0 Å². The maximum Gasteiger partial charge on any atom is 0.317 e. The van der Waals surface area contributed by atoms with Crippen molar-refractivity contribution in [2.75, 3.05) is 20.1 Å². The van der Waals surface area contributed by atoms with E-state index in [0.717, 1.165) is 13.0 Å². The molecule has 72 valence electrons. The lowest BCUT2D eigenvalue weighted by Crippen LogP contribution is -2.37. The van der Waals surface area contributed by atoms with Crippen LogP contribution in [0.1, 0.15) is 33.1 Å². The molecule has 0 spiro atoms. The highest BCUT2D eigenvalue weighted by atomic mass is 16.2. The fourth-order valence-electron chi connectivity index (χ4n) is 0.987. The summed E-state index contributed by atoms with van der Waals surface area (Å²) in [5.74, 6) is 0. The van der Waals surface area contributed by atoms with Gasteiger partial charge in [0.2, 0.25) is 0 Å². The third-order valence-electron chi connectivity index (χ3n) is 1.77. The zero-order valence-electron chi connectivity index (χ0n) is 8.39. The van der Waals surface area contributed by atoms with Gasteiger partial charge in [-0.25, -0.2) is 4.79 Å². The van der Waals surface area contributed by atoms with Crippen molar-refractivity contribution in [3.63, 3.8) is 0 Å². The number of nitrogens with one attached hydrogen (secondary N) is 1. The Hall–Kier alpha value is -0.730. The van der Waals surface area contributed by atoms with E-state index in [9.17, 15) is 4.79 Å². The molecule has 0 atom stereocenters. The lowest BCUT2D eigenvalue weighted by molar-refractivity contribution is 0.208. The molecule has 0 radical (unpaired) electrons. The Morgan fingerprint density at radius 2 is 2.00 bits per heavy atom. The summed E-state index contributed by atoms with van der Waals surface area (Å²) in [7, 11) is 1.83. The predicted molar refractivity (Wildman–Crippen MR) is 51.2 cm³/mol. The molecule has 0 fully saturated rings. The van der Waals surface area contributed by atoms with Gasteiger partial charge in [-0.05, 0) is 13.3 Å². The van der Waals surface area contributed by atoms with E-state index in [-0.39, 0.29) is 6.03 Å². The zero-order chi connectivity index (χ0) is 9.40. The van der Waals surface area contributed by atoms with E-state index in [4.69, 9.17) is 0 Å². The maximum atomic E-state index is 11.2. The summed E-state index contributed by atoms with van der Waals surface area (Å²) in [6, 6.07) is 0.0357. The Balaban J connectivity index is 3.42. The van der Waals surface area contributed by atoms with Gasteiger partial charge in [0, 0.05) is 20.1 Å². The molecule has 12 heavy (non-hydrogen) atoms. The summed E-state index contributed by atoms with van der Waals surface area (Å²) in [5.41, 5.74) is 0. The second kappa shape index (κ2) is 6.95. The predicted octanol–water partition coefficient (Wildman–Crippen LogP) is 1.84. The Labute approximate surface area is 75.1 Å².